The fourth-order valence-corrected chi connectivity index (χ4v) is 3.98. The van der Waals surface area contributed by atoms with Gasteiger partial charge >= 0.3 is 0 Å². The van der Waals surface area contributed by atoms with E-state index in [-0.39, 0.29) is 11.0 Å². The Kier molecular flexibility index (Phi) is 3.30. The molecule has 1 heterocycles. The molecule has 3 atom stereocenters. The van der Waals surface area contributed by atoms with Crippen molar-refractivity contribution in [1.29, 1.82) is 0 Å². The van der Waals surface area contributed by atoms with Crippen molar-refractivity contribution in [3.63, 3.8) is 0 Å². The van der Waals surface area contributed by atoms with E-state index in [1.807, 2.05) is 0 Å². The maximum absolute atomic E-state index is 11.1. The number of rotatable bonds is 2. The molecule has 1 saturated heterocycles. The van der Waals surface area contributed by atoms with Crippen LogP contribution in [0.1, 0.15) is 52.9 Å². The molecule has 0 spiro atoms. The first-order chi connectivity index (χ1) is 7.83. The van der Waals surface area contributed by atoms with Crippen molar-refractivity contribution in [3.05, 3.63) is 0 Å². The average Bonchev–Trinajstić information content (AvgIpc) is 2.60. The molecule has 0 aromatic heterocycles. The molecule has 2 rings (SSSR count). The van der Waals surface area contributed by atoms with Crippen LogP contribution in [-0.2, 0) is 4.74 Å². The first kappa shape index (κ1) is 13.3. The smallest absolute Gasteiger partial charge is 0.0765 e. The summed E-state index contributed by atoms with van der Waals surface area (Å²) in [5.41, 5.74) is 5.11. The summed E-state index contributed by atoms with van der Waals surface area (Å²) >= 11 is 0. The molecule has 3 N–H and O–H groups in total. The Morgan fingerprint density at radius 1 is 1.35 bits per heavy atom. The van der Waals surface area contributed by atoms with Crippen LogP contribution in [0.3, 0.4) is 0 Å². The lowest BCUT2D eigenvalue weighted by Gasteiger charge is -2.51. The number of hydrogen-bond donors (Lipinski definition) is 2. The number of nitrogens with two attached hydrogens (primary N) is 1. The van der Waals surface area contributed by atoms with E-state index in [1.165, 1.54) is 6.42 Å². The van der Waals surface area contributed by atoms with Crippen LogP contribution in [0, 0.1) is 11.3 Å². The lowest BCUT2D eigenvalue weighted by Crippen LogP contribution is -2.58. The van der Waals surface area contributed by atoms with Crippen LogP contribution in [0.15, 0.2) is 0 Å². The fourth-order valence-electron chi connectivity index (χ4n) is 3.98. The first-order valence-corrected chi connectivity index (χ1v) is 6.89. The van der Waals surface area contributed by atoms with Gasteiger partial charge in [0.05, 0.1) is 17.8 Å². The molecule has 2 aliphatic rings. The molecule has 1 aliphatic heterocycles. The van der Waals surface area contributed by atoms with Gasteiger partial charge in [-0.3, -0.25) is 0 Å². The average molecular weight is 241 g/mol. The van der Waals surface area contributed by atoms with Crippen LogP contribution in [0.25, 0.3) is 0 Å². The Morgan fingerprint density at radius 2 is 2.06 bits per heavy atom. The molecule has 0 aromatic rings. The molecule has 3 unspecified atom stereocenters. The predicted molar refractivity (Wildman–Crippen MR) is 68.7 cm³/mol. The monoisotopic (exact) mass is 241 g/mol. The lowest BCUT2D eigenvalue weighted by molar-refractivity contribution is -0.192. The van der Waals surface area contributed by atoms with Gasteiger partial charge in [-0.15, -0.1) is 0 Å². The van der Waals surface area contributed by atoms with Crippen LogP contribution >= 0.6 is 0 Å². The molecule has 0 radical (unpaired) electrons. The topological polar surface area (TPSA) is 55.5 Å². The zero-order valence-corrected chi connectivity index (χ0v) is 11.5. The molecule has 0 aromatic carbocycles. The largest absolute Gasteiger partial charge is 0.389 e. The molecule has 3 heteroatoms. The van der Waals surface area contributed by atoms with Gasteiger partial charge in [-0.2, -0.15) is 0 Å². The Labute approximate surface area is 105 Å². The van der Waals surface area contributed by atoms with Crippen molar-refractivity contribution in [2.45, 2.75) is 64.1 Å². The SMILES string of the molecule is CC1CCC(CN)(C2(O)CCOC(C)(C)C2)C1. The molecule has 2 fully saturated rings. The summed E-state index contributed by atoms with van der Waals surface area (Å²) in [5.74, 6) is 0.688. The number of hydrogen-bond acceptors (Lipinski definition) is 3. The van der Waals surface area contributed by atoms with Gasteiger partial charge in [-0.25, -0.2) is 0 Å². The first-order valence-electron chi connectivity index (χ1n) is 6.89. The quantitative estimate of drug-likeness (QED) is 0.778. The minimum Gasteiger partial charge on any atom is -0.389 e. The van der Waals surface area contributed by atoms with Crippen molar-refractivity contribution in [2.24, 2.45) is 17.1 Å². The van der Waals surface area contributed by atoms with Crippen LogP contribution < -0.4 is 5.73 Å². The third-order valence-electron chi connectivity index (χ3n) is 4.96. The standard InChI is InChI=1S/C14H27NO2/c1-11-4-5-13(8-11,10-15)14(16)6-7-17-12(2,3)9-14/h11,16H,4-10,15H2,1-3H3. The number of aliphatic hydroxyl groups is 1. The summed E-state index contributed by atoms with van der Waals surface area (Å²) < 4.78 is 5.74. The molecule has 0 bridgehead atoms. The second kappa shape index (κ2) is 4.22. The summed E-state index contributed by atoms with van der Waals surface area (Å²) in [4.78, 5) is 0. The van der Waals surface area contributed by atoms with E-state index in [0.717, 1.165) is 19.3 Å². The second-order valence-corrected chi connectivity index (χ2v) is 6.90. The summed E-state index contributed by atoms with van der Waals surface area (Å²) in [6.45, 7) is 7.66. The highest BCUT2D eigenvalue weighted by molar-refractivity contribution is 5.07. The molecule has 1 saturated carbocycles. The third-order valence-corrected chi connectivity index (χ3v) is 4.96. The molecular weight excluding hydrogens is 214 g/mol. The van der Waals surface area contributed by atoms with E-state index >= 15 is 0 Å². The summed E-state index contributed by atoms with van der Waals surface area (Å²) in [5, 5.41) is 11.1. The van der Waals surface area contributed by atoms with E-state index in [4.69, 9.17) is 10.5 Å². The van der Waals surface area contributed by atoms with Crippen molar-refractivity contribution in [3.8, 4) is 0 Å². The van der Waals surface area contributed by atoms with E-state index in [9.17, 15) is 5.11 Å². The van der Waals surface area contributed by atoms with Crippen LogP contribution in [0.5, 0.6) is 0 Å². The van der Waals surface area contributed by atoms with Crippen molar-refractivity contribution < 1.29 is 9.84 Å². The molecule has 3 nitrogen and oxygen atoms in total. The van der Waals surface area contributed by atoms with Gasteiger partial charge in [0, 0.05) is 24.8 Å². The zero-order chi connectivity index (χ0) is 12.7. The van der Waals surface area contributed by atoms with E-state index < -0.39 is 5.60 Å². The number of ether oxygens (including phenoxy) is 1. The summed E-state index contributed by atoms with van der Waals surface area (Å²) in [6.07, 6.45) is 4.78. The highest BCUT2D eigenvalue weighted by Crippen LogP contribution is 2.53. The zero-order valence-electron chi connectivity index (χ0n) is 11.5. The second-order valence-electron chi connectivity index (χ2n) is 6.90. The molecular formula is C14H27NO2. The maximum atomic E-state index is 11.1. The molecule has 0 amide bonds. The molecule has 1 aliphatic carbocycles. The van der Waals surface area contributed by atoms with Gasteiger partial charge in [0.25, 0.3) is 0 Å². The highest BCUT2D eigenvalue weighted by Gasteiger charge is 2.55. The van der Waals surface area contributed by atoms with E-state index in [0.29, 0.717) is 25.5 Å². The minimum atomic E-state index is -0.631. The van der Waals surface area contributed by atoms with Gasteiger partial charge in [0.15, 0.2) is 0 Å². The van der Waals surface area contributed by atoms with Crippen molar-refractivity contribution >= 4 is 0 Å². The van der Waals surface area contributed by atoms with Crippen molar-refractivity contribution in [1.82, 2.24) is 0 Å². The van der Waals surface area contributed by atoms with Crippen LogP contribution in [0.2, 0.25) is 0 Å². The van der Waals surface area contributed by atoms with Crippen LogP contribution in [0.4, 0.5) is 0 Å². The molecule has 17 heavy (non-hydrogen) atoms. The van der Waals surface area contributed by atoms with Gasteiger partial charge in [0.2, 0.25) is 0 Å². The Bertz CT molecular complexity index is 292. The van der Waals surface area contributed by atoms with E-state index in [1.54, 1.807) is 0 Å². The van der Waals surface area contributed by atoms with Gasteiger partial charge in [0.1, 0.15) is 0 Å². The lowest BCUT2D eigenvalue weighted by atomic mass is 9.63. The highest BCUT2D eigenvalue weighted by atomic mass is 16.5. The Hall–Kier alpha value is -0.120. The third kappa shape index (κ3) is 2.25. The Balaban J connectivity index is 2.23. The van der Waals surface area contributed by atoms with Crippen molar-refractivity contribution in [2.75, 3.05) is 13.2 Å². The van der Waals surface area contributed by atoms with Crippen LogP contribution in [-0.4, -0.2) is 29.5 Å². The maximum Gasteiger partial charge on any atom is 0.0765 e. The summed E-state index contributed by atoms with van der Waals surface area (Å²) in [7, 11) is 0. The van der Waals surface area contributed by atoms with Gasteiger partial charge in [-0.1, -0.05) is 13.3 Å². The van der Waals surface area contributed by atoms with Gasteiger partial charge in [-0.05, 0) is 32.6 Å². The predicted octanol–water partition coefficient (Wildman–Crippen LogP) is 2.07. The normalized spacial score (nSPS) is 46.1. The molecule has 100 valence electrons. The minimum absolute atomic E-state index is 0.0759. The van der Waals surface area contributed by atoms with Gasteiger partial charge < -0.3 is 15.6 Å². The Morgan fingerprint density at radius 3 is 2.53 bits per heavy atom. The fraction of sp³-hybridized carbons (Fsp3) is 1.00. The summed E-state index contributed by atoms with van der Waals surface area (Å²) in [6, 6.07) is 0. The van der Waals surface area contributed by atoms with E-state index in [2.05, 4.69) is 20.8 Å².